The van der Waals surface area contributed by atoms with E-state index < -0.39 is 6.10 Å². The minimum absolute atomic E-state index is 0.0644. The van der Waals surface area contributed by atoms with Gasteiger partial charge in [0.15, 0.2) is 6.10 Å². The van der Waals surface area contributed by atoms with Gasteiger partial charge in [-0.1, -0.05) is 270 Å². The topological polar surface area (TPSA) is 78.9 Å². The van der Waals surface area contributed by atoms with E-state index in [4.69, 9.17) is 14.2 Å². The first-order valence-electron chi connectivity index (χ1n) is 28.7. The molecule has 0 aliphatic heterocycles. The molecule has 64 heavy (non-hydrogen) atoms. The van der Waals surface area contributed by atoms with Crippen LogP contribution >= 0.6 is 0 Å². The number of carbonyl (C=O) groups is 3. The van der Waals surface area contributed by atoms with Crippen molar-refractivity contribution in [2.45, 2.75) is 329 Å². The molecule has 0 heterocycles. The fourth-order valence-electron chi connectivity index (χ4n) is 8.68. The summed E-state index contributed by atoms with van der Waals surface area (Å²) in [6.45, 7) is 6.66. The summed E-state index contributed by atoms with van der Waals surface area (Å²) in [6, 6.07) is 0. The second kappa shape index (κ2) is 53.8. The van der Waals surface area contributed by atoms with Gasteiger partial charge in [-0.15, -0.1) is 0 Å². The molecule has 0 rings (SSSR count). The molecule has 0 radical (unpaired) electrons. The van der Waals surface area contributed by atoms with Crippen LogP contribution in [-0.4, -0.2) is 37.2 Å². The molecule has 0 aliphatic carbocycles. The Morgan fingerprint density at radius 2 is 0.516 bits per heavy atom. The molecule has 6 heteroatoms. The van der Waals surface area contributed by atoms with Gasteiger partial charge >= 0.3 is 17.9 Å². The summed E-state index contributed by atoms with van der Waals surface area (Å²) in [5.41, 5.74) is 0. The molecule has 0 saturated heterocycles. The van der Waals surface area contributed by atoms with E-state index in [2.05, 4.69) is 32.9 Å². The molecule has 0 N–H and O–H groups in total. The number of hydrogen-bond donors (Lipinski definition) is 0. The summed E-state index contributed by atoms with van der Waals surface area (Å²) in [5.74, 6) is -0.848. The largest absolute Gasteiger partial charge is 0.462 e. The Balaban J connectivity index is 4.10. The van der Waals surface area contributed by atoms with Crippen molar-refractivity contribution >= 4 is 17.9 Å². The van der Waals surface area contributed by atoms with Gasteiger partial charge in [-0.3, -0.25) is 14.4 Å². The van der Waals surface area contributed by atoms with Gasteiger partial charge in [0.05, 0.1) is 0 Å². The average Bonchev–Trinajstić information content (AvgIpc) is 3.29. The van der Waals surface area contributed by atoms with Crippen LogP contribution in [0.1, 0.15) is 323 Å². The summed E-state index contributed by atoms with van der Waals surface area (Å²) in [7, 11) is 0. The monoisotopic (exact) mass is 903 g/mol. The van der Waals surface area contributed by atoms with E-state index in [1.807, 2.05) is 0 Å². The van der Waals surface area contributed by atoms with E-state index in [-0.39, 0.29) is 31.1 Å². The molecular weight excluding hydrogens is 793 g/mol. The van der Waals surface area contributed by atoms with E-state index in [1.54, 1.807) is 0 Å². The first kappa shape index (κ1) is 62.1. The molecule has 0 aromatic rings. The second-order valence-electron chi connectivity index (χ2n) is 19.6. The van der Waals surface area contributed by atoms with Crippen LogP contribution in [0.25, 0.3) is 0 Å². The molecule has 0 aromatic carbocycles. The number of esters is 3. The Hall–Kier alpha value is -1.85. The van der Waals surface area contributed by atoms with Crippen LogP contribution in [-0.2, 0) is 28.6 Å². The van der Waals surface area contributed by atoms with Crippen molar-refractivity contribution in [1.29, 1.82) is 0 Å². The quantitative estimate of drug-likeness (QED) is 0.0262. The van der Waals surface area contributed by atoms with Gasteiger partial charge in [-0.05, 0) is 44.9 Å². The first-order valence-corrected chi connectivity index (χ1v) is 28.7. The normalized spacial score (nSPS) is 12.0. The van der Waals surface area contributed by atoms with Gasteiger partial charge in [-0.2, -0.15) is 0 Å². The molecule has 0 aliphatic rings. The predicted octanol–water partition coefficient (Wildman–Crippen LogP) is 18.9. The van der Waals surface area contributed by atoms with Crippen molar-refractivity contribution in [3.05, 3.63) is 12.2 Å². The third kappa shape index (κ3) is 51.1. The molecule has 1 unspecified atom stereocenters. The Bertz CT molecular complexity index is 993. The minimum atomic E-state index is -0.762. The van der Waals surface area contributed by atoms with Crippen LogP contribution in [0.4, 0.5) is 0 Å². The Labute approximate surface area is 399 Å². The Kier molecular flexibility index (Phi) is 52.2. The second-order valence-corrected chi connectivity index (χ2v) is 19.6. The average molecular weight is 904 g/mol. The summed E-state index contributed by atoms with van der Waals surface area (Å²) in [6.07, 6.45) is 60.8. The molecule has 6 nitrogen and oxygen atoms in total. The highest BCUT2D eigenvalue weighted by molar-refractivity contribution is 5.71. The molecule has 0 fully saturated rings. The minimum Gasteiger partial charge on any atom is -0.462 e. The lowest BCUT2D eigenvalue weighted by Crippen LogP contribution is -2.30. The van der Waals surface area contributed by atoms with E-state index in [0.717, 1.165) is 57.8 Å². The molecular formula is C58H110O6. The summed E-state index contributed by atoms with van der Waals surface area (Å²) < 4.78 is 16.8. The van der Waals surface area contributed by atoms with Crippen molar-refractivity contribution in [2.24, 2.45) is 0 Å². The summed E-state index contributed by atoms with van der Waals surface area (Å²) in [4.78, 5) is 37.9. The smallest absolute Gasteiger partial charge is 0.306 e. The summed E-state index contributed by atoms with van der Waals surface area (Å²) in [5, 5.41) is 0. The van der Waals surface area contributed by atoms with E-state index in [1.165, 1.54) is 225 Å². The van der Waals surface area contributed by atoms with Crippen LogP contribution in [0.15, 0.2) is 12.2 Å². The maximum absolute atomic E-state index is 12.8. The van der Waals surface area contributed by atoms with Crippen LogP contribution in [0, 0.1) is 0 Å². The number of ether oxygens (including phenoxy) is 3. The number of rotatable bonds is 53. The van der Waals surface area contributed by atoms with Crippen LogP contribution < -0.4 is 0 Å². The number of carbonyl (C=O) groups excluding carboxylic acids is 3. The fourth-order valence-corrected chi connectivity index (χ4v) is 8.68. The van der Waals surface area contributed by atoms with E-state index in [9.17, 15) is 14.4 Å². The van der Waals surface area contributed by atoms with Crippen molar-refractivity contribution in [1.82, 2.24) is 0 Å². The lowest BCUT2D eigenvalue weighted by Gasteiger charge is -2.18. The molecule has 0 bridgehead atoms. The Morgan fingerprint density at radius 1 is 0.297 bits per heavy atom. The van der Waals surface area contributed by atoms with Gasteiger partial charge in [0.25, 0.3) is 0 Å². The SMILES string of the molecule is CCCCCCCCCC/C=C\CCCCCCCCCCCCCCCC(=O)OCC(COC(=O)CCCCCCCCCCC)OC(=O)CCCCCCCCCCCCCC. The molecule has 378 valence electrons. The zero-order valence-electron chi connectivity index (χ0n) is 43.3. The molecule has 0 aromatic heterocycles. The third-order valence-corrected chi connectivity index (χ3v) is 13.0. The molecule has 0 amide bonds. The maximum atomic E-state index is 12.8. The molecule has 0 spiro atoms. The van der Waals surface area contributed by atoms with Gasteiger partial charge in [0.2, 0.25) is 0 Å². The standard InChI is InChI=1S/C58H110O6/c1-4-7-10-13-16-19-21-23-24-25-26-27-28-29-30-31-32-33-34-35-37-39-42-45-48-51-57(60)63-54-55(53-62-56(59)50-47-44-41-38-18-15-12-9-6-3)64-58(61)52-49-46-43-40-36-22-20-17-14-11-8-5-2/h25-26,55H,4-24,27-54H2,1-3H3/b26-25-. The van der Waals surface area contributed by atoms with Crippen molar-refractivity contribution in [2.75, 3.05) is 13.2 Å². The summed E-state index contributed by atoms with van der Waals surface area (Å²) >= 11 is 0. The third-order valence-electron chi connectivity index (χ3n) is 13.0. The highest BCUT2D eigenvalue weighted by Gasteiger charge is 2.19. The Morgan fingerprint density at radius 3 is 0.781 bits per heavy atom. The molecule has 0 saturated carbocycles. The molecule has 1 atom stereocenters. The van der Waals surface area contributed by atoms with Crippen molar-refractivity contribution in [3.63, 3.8) is 0 Å². The predicted molar refractivity (Wildman–Crippen MR) is 275 cm³/mol. The van der Waals surface area contributed by atoms with Gasteiger partial charge in [-0.25, -0.2) is 0 Å². The van der Waals surface area contributed by atoms with Crippen molar-refractivity contribution in [3.8, 4) is 0 Å². The van der Waals surface area contributed by atoms with Gasteiger partial charge in [0, 0.05) is 19.3 Å². The van der Waals surface area contributed by atoms with Gasteiger partial charge in [0.1, 0.15) is 13.2 Å². The fraction of sp³-hybridized carbons (Fsp3) is 0.914. The van der Waals surface area contributed by atoms with E-state index >= 15 is 0 Å². The van der Waals surface area contributed by atoms with Crippen LogP contribution in [0.3, 0.4) is 0 Å². The van der Waals surface area contributed by atoms with Crippen LogP contribution in [0.5, 0.6) is 0 Å². The zero-order valence-corrected chi connectivity index (χ0v) is 43.3. The highest BCUT2D eigenvalue weighted by atomic mass is 16.6. The lowest BCUT2D eigenvalue weighted by atomic mass is 10.0. The number of hydrogen-bond acceptors (Lipinski definition) is 6. The van der Waals surface area contributed by atoms with Crippen LogP contribution in [0.2, 0.25) is 0 Å². The van der Waals surface area contributed by atoms with E-state index in [0.29, 0.717) is 19.3 Å². The van der Waals surface area contributed by atoms with Crippen molar-refractivity contribution < 1.29 is 28.6 Å². The number of allylic oxidation sites excluding steroid dienone is 2. The highest BCUT2D eigenvalue weighted by Crippen LogP contribution is 2.17. The lowest BCUT2D eigenvalue weighted by molar-refractivity contribution is -0.167. The first-order chi connectivity index (χ1) is 31.5. The maximum Gasteiger partial charge on any atom is 0.306 e. The number of unbranched alkanes of at least 4 members (excludes halogenated alkanes) is 40. The van der Waals surface area contributed by atoms with Gasteiger partial charge < -0.3 is 14.2 Å². The zero-order chi connectivity index (χ0) is 46.5.